The molecule has 2 aromatic heterocycles. The molecule has 2 heterocycles. The van der Waals surface area contributed by atoms with Crippen molar-refractivity contribution in [3.05, 3.63) is 70.0 Å². The lowest BCUT2D eigenvalue weighted by Crippen LogP contribution is -2.31. The first-order chi connectivity index (χ1) is 12.5. The second-order valence-electron chi connectivity index (χ2n) is 5.62. The van der Waals surface area contributed by atoms with Gasteiger partial charge in [0.25, 0.3) is 11.5 Å². The SMILES string of the molecule is Cc1cncn(CCNC(=O)c2cc(-c3ccc(F)cc3F)n[nH]2)c1=O. The minimum atomic E-state index is -0.769. The Kier molecular flexibility index (Phi) is 4.87. The monoisotopic (exact) mass is 359 g/mol. The molecule has 0 saturated heterocycles. The summed E-state index contributed by atoms with van der Waals surface area (Å²) in [6.45, 7) is 2.11. The zero-order valence-corrected chi connectivity index (χ0v) is 13.8. The maximum absolute atomic E-state index is 13.8. The highest BCUT2D eigenvalue weighted by Gasteiger charge is 2.14. The second kappa shape index (κ2) is 7.26. The smallest absolute Gasteiger partial charge is 0.269 e. The predicted molar refractivity (Wildman–Crippen MR) is 89.5 cm³/mol. The summed E-state index contributed by atoms with van der Waals surface area (Å²) in [5.74, 6) is -1.92. The average Bonchev–Trinajstić information content (AvgIpc) is 3.08. The number of carbonyl (C=O) groups is 1. The maximum Gasteiger partial charge on any atom is 0.269 e. The van der Waals surface area contributed by atoms with E-state index in [1.54, 1.807) is 6.92 Å². The Hall–Kier alpha value is -3.36. The number of halogens is 2. The van der Waals surface area contributed by atoms with Crippen molar-refractivity contribution in [3.63, 3.8) is 0 Å². The molecule has 134 valence electrons. The van der Waals surface area contributed by atoms with E-state index in [9.17, 15) is 18.4 Å². The number of carbonyl (C=O) groups excluding carboxylic acids is 1. The lowest BCUT2D eigenvalue weighted by molar-refractivity contribution is 0.0947. The summed E-state index contributed by atoms with van der Waals surface area (Å²) in [4.78, 5) is 27.9. The lowest BCUT2D eigenvalue weighted by Gasteiger charge is -2.06. The van der Waals surface area contributed by atoms with Gasteiger partial charge in [-0.05, 0) is 25.1 Å². The molecule has 7 nitrogen and oxygen atoms in total. The number of amides is 1. The molecule has 3 rings (SSSR count). The molecule has 0 saturated carbocycles. The topological polar surface area (TPSA) is 92.7 Å². The van der Waals surface area contributed by atoms with Crippen LogP contribution in [0.15, 0.2) is 41.6 Å². The van der Waals surface area contributed by atoms with Crippen molar-refractivity contribution in [2.45, 2.75) is 13.5 Å². The van der Waals surface area contributed by atoms with Crippen LogP contribution in [0.3, 0.4) is 0 Å². The van der Waals surface area contributed by atoms with Crippen molar-refractivity contribution < 1.29 is 13.6 Å². The Bertz CT molecular complexity index is 1010. The normalized spacial score (nSPS) is 10.7. The zero-order valence-electron chi connectivity index (χ0n) is 13.8. The minimum absolute atomic E-state index is 0.0825. The molecule has 3 aromatic rings. The fraction of sp³-hybridized carbons (Fsp3) is 0.176. The van der Waals surface area contributed by atoms with Gasteiger partial charge in [-0.25, -0.2) is 13.8 Å². The molecule has 1 amide bonds. The molecule has 2 N–H and O–H groups in total. The van der Waals surface area contributed by atoms with E-state index in [1.165, 1.54) is 29.2 Å². The first-order valence-electron chi connectivity index (χ1n) is 7.76. The summed E-state index contributed by atoms with van der Waals surface area (Å²) >= 11 is 0. The van der Waals surface area contributed by atoms with Gasteiger partial charge in [0.2, 0.25) is 0 Å². The van der Waals surface area contributed by atoms with E-state index in [2.05, 4.69) is 20.5 Å². The van der Waals surface area contributed by atoms with Gasteiger partial charge in [-0.1, -0.05) is 0 Å². The standard InChI is InChI=1S/C17H15F2N5O2/c1-10-8-20-9-24(17(10)26)5-4-21-16(25)15-7-14(22-23-15)12-3-2-11(18)6-13(12)19/h2-3,6-9H,4-5H2,1H3,(H,21,25)(H,22,23). The Morgan fingerprint density at radius 3 is 2.88 bits per heavy atom. The molecule has 0 spiro atoms. The van der Waals surface area contributed by atoms with Crippen molar-refractivity contribution >= 4 is 5.91 Å². The summed E-state index contributed by atoms with van der Waals surface area (Å²) in [6, 6.07) is 4.48. The number of H-pyrrole nitrogens is 1. The summed E-state index contributed by atoms with van der Waals surface area (Å²) in [7, 11) is 0. The number of benzene rings is 1. The van der Waals surface area contributed by atoms with Gasteiger partial charge < -0.3 is 5.32 Å². The van der Waals surface area contributed by atoms with Crippen LogP contribution >= 0.6 is 0 Å². The molecule has 0 atom stereocenters. The summed E-state index contributed by atoms with van der Waals surface area (Å²) < 4.78 is 28.1. The fourth-order valence-corrected chi connectivity index (χ4v) is 2.38. The van der Waals surface area contributed by atoms with Gasteiger partial charge in [0.15, 0.2) is 0 Å². The molecule has 0 radical (unpaired) electrons. The summed E-state index contributed by atoms with van der Waals surface area (Å²) in [6.07, 6.45) is 2.87. The van der Waals surface area contributed by atoms with Crippen LogP contribution in [0.1, 0.15) is 16.1 Å². The maximum atomic E-state index is 13.8. The molecule has 0 bridgehead atoms. The number of nitrogens with zero attached hydrogens (tertiary/aromatic N) is 3. The number of aromatic nitrogens is 4. The Morgan fingerprint density at radius 2 is 2.12 bits per heavy atom. The third kappa shape index (κ3) is 3.66. The van der Waals surface area contributed by atoms with Crippen molar-refractivity contribution in [2.24, 2.45) is 0 Å². The van der Waals surface area contributed by atoms with Crippen molar-refractivity contribution in [3.8, 4) is 11.3 Å². The zero-order chi connectivity index (χ0) is 18.7. The summed E-state index contributed by atoms with van der Waals surface area (Å²) in [5.41, 5.74) is 0.729. The third-order valence-electron chi connectivity index (χ3n) is 3.74. The van der Waals surface area contributed by atoms with E-state index in [1.807, 2.05) is 0 Å². The van der Waals surface area contributed by atoms with Crippen LogP contribution in [0.4, 0.5) is 8.78 Å². The van der Waals surface area contributed by atoms with Gasteiger partial charge in [-0.15, -0.1) is 0 Å². The average molecular weight is 359 g/mol. The first-order valence-corrected chi connectivity index (χ1v) is 7.76. The first kappa shape index (κ1) is 17.5. The van der Waals surface area contributed by atoms with Crippen molar-refractivity contribution in [2.75, 3.05) is 6.54 Å². The quantitative estimate of drug-likeness (QED) is 0.724. The van der Waals surface area contributed by atoms with E-state index in [0.29, 0.717) is 5.56 Å². The van der Waals surface area contributed by atoms with Crippen LogP contribution < -0.4 is 10.9 Å². The number of hydrogen-bond acceptors (Lipinski definition) is 4. The van der Waals surface area contributed by atoms with Gasteiger partial charge in [0, 0.05) is 36.5 Å². The molecule has 0 aliphatic heterocycles. The molecule has 0 aliphatic carbocycles. The van der Waals surface area contributed by atoms with Crippen LogP contribution in [0.25, 0.3) is 11.3 Å². The van der Waals surface area contributed by atoms with Crippen LogP contribution in [0.2, 0.25) is 0 Å². The number of aromatic amines is 1. The van der Waals surface area contributed by atoms with Gasteiger partial charge >= 0.3 is 0 Å². The number of hydrogen-bond donors (Lipinski definition) is 2. The highest BCUT2D eigenvalue weighted by atomic mass is 19.1. The highest BCUT2D eigenvalue weighted by Crippen LogP contribution is 2.22. The van der Waals surface area contributed by atoms with Gasteiger partial charge in [-0.3, -0.25) is 19.3 Å². The molecule has 0 fully saturated rings. The number of aryl methyl sites for hydroxylation is 1. The van der Waals surface area contributed by atoms with E-state index in [4.69, 9.17) is 0 Å². The van der Waals surface area contributed by atoms with Crippen LogP contribution in [-0.2, 0) is 6.54 Å². The number of nitrogens with one attached hydrogen (secondary N) is 2. The van der Waals surface area contributed by atoms with Crippen LogP contribution in [-0.4, -0.2) is 32.2 Å². The highest BCUT2D eigenvalue weighted by molar-refractivity contribution is 5.93. The third-order valence-corrected chi connectivity index (χ3v) is 3.74. The minimum Gasteiger partial charge on any atom is -0.349 e. The number of rotatable bonds is 5. The molecular weight excluding hydrogens is 344 g/mol. The van der Waals surface area contributed by atoms with Crippen LogP contribution in [0, 0.1) is 18.6 Å². The molecular formula is C17H15F2N5O2. The van der Waals surface area contributed by atoms with Gasteiger partial charge in [0.05, 0.1) is 12.0 Å². The molecule has 0 aliphatic rings. The summed E-state index contributed by atoms with van der Waals surface area (Å²) in [5, 5.41) is 9.02. The molecule has 0 unspecified atom stereocenters. The van der Waals surface area contributed by atoms with Crippen molar-refractivity contribution in [1.82, 2.24) is 25.1 Å². The Morgan fingerprint density at radius 1 is 1.31 bits per heavy atom. The van der Waals surface area contributed by atoms with E-state index >= 15 is 0 Å². The van der Waals surface area contributed by atoms with Crippen LogP contribution in [0.5, 0.6) is 0 Å². The Balaban J connectivity index is 1.65. The van der Waals surface area contributed by atoms with Crippen molar-refractivity contribution in [1.29, 1.82) is 0 Å². The molecule has 1 aromatic carbocycles. The van der Waals surface area contributed by atoms with E-state index in [-0.39, 0.29) is 35.6 Å². The second-order valence-corrected chi connectivity index (χ2v) is 5.62. The largest absolute Gasteiger partial charge is 0.349 e. The predicted octanol–water partition coefficient (Wildman–Crippen LogP) is 1.65. The molecule has 9 heteroatoms. The van der Waals surface area contributed by atoms with E-state index < -0.39 is 17.5 Å². The van der Waals surface area contributed by atoms with Gasteiger partial charge in [-0.2, -0.15) is 5.10 Å². The van der Waals surface area contributed by atoms with E-state index in [0.717, 1.165) is 12.1 Å². The molecule has 26 heavy (non-hydrogen) atoms. The Labute approximate surface area is 146 Å². The lowest BCUT2D eigenvalue weighted by atomic mass is 10.1. The fourth-order valence-electron chi connectivity index (χ4n) is 2.38. The van der Waals surface area contributed by atoms with Gasteiger partial charge in [0.1, 0.15) is 17.3 Å².